The van der Waals surface area contributed by atoms with Gasteiger partial charge in [-0.3, -0.25) is 0 Å². The van der Waals surface area contributed by atoms with Gasteiger partial charge in [-0.1, -0.05) is 0 Å². The van der Waals surface area contributed by atoms with Crippen LogP contribution in [0.15, 0.2) is 47.5 Å². The molecule has 0 unspecified atom stereocenters. The number of aromatic nitrogens is 2. The van der Waals surface area contributed by atoms with Gasteiger partial charge in [0, 0.05) is 11.9 Å². The molecule has 0 aliphatic heterocycles. The molecule has 1 aromatic carbocycles. The minimum atomic E-state index is -4.58. The Morgan fingerprint density at radius 2 is 1.96 bits per heavy atom. The van der Waals surface area contributed by atoms with Gasteiger partial charge in [0.2, 0.25) is 0 Å². The first-order chi connectivity index (χ1) is 11.7. The van der Waals surface area contributed by atoms with Crippen molar-refractivity contribution in [2.45, 2.75) is 6.18 Å². The van der Waals surface area contributed by atoms with E-state index in [1.165, 1.54) is 24.7 Å². The molecule has 0 spiro atoms. The number of anilines is 2. The number of carbonyl (C=O) groups excluding carboxylic acids is 1. The van der Waals surface area contributed by atoms with Crippen molar-refractivity contribution < 1.29 is 22.4 Å². The van der Waals surface area contributed by atoms with E-state index in [-0.39, 0.29) is 21.4 Å². The van der Waals surface area contributed by atoms with Crippen LogP contribution in [0.1, 0.15) is 5.56 Å². The van der Waals surface area contributed by atoms with Crippen molar-refractivity contribution in [2.24, 2.45) is 0 Å². The van der Waals surface area contributed by atoms with Crippen LogP contribution in [0.3, 0.4) is 0 Å². The lowest BCUT2D eigenvalue weighted by atomic mass is 10.2. The van der Waals surface area contributed by atoms with Crippen molar-refractivity contribution in [3.8, 4) is 0 Å². The molecule has 0 bridgehead atoms. The number of benzene rings is 1. The van der Waals surface area contributed by atoms with Crippen LogP contribution in [0.25, 0.3) is 5.52 Å². The van der Waals surface area contributed by atoms with Gasteiger partial charge in [-0.2, -0.15) is 13.2 Å². The molecule has 0 radical (unpaired) electrons. The molecule has 0 atom stereocenters. The Kier molecular flexibility index (Phi) is 4.38. The topological polar surface area (TPSA) is 58.4 Å². The molecule has 5 nitrogen and oxygen atoms in total. The molecule has 0 saturated heterocycles. The molecule has 2 amide bonds. The third kappa shape index (κ3) is 3.73. The third-order valence-electron chi connectivity index (χ3n) is 3.27. The molecule has 3 rings (SSSR count). The lowest BCUT2D eigenvalue weighted by Crippen LogP contribution is -2.20. The minimum absolute atomic E-state index is 0.0811. The first kappa shape index (κ1) is 17.2. The van der Waals surface area contributed by atoms with Gasteiger partial charge in [-0.25, -0.2) is 14.2 Å². The van der Waals surface area contributed by atoms with Gasteiger partial charge in [0.05, 0.1) is 33.8 Å². The smallest absolute Gasteiger partial charge is 0.308 e. The van der Waals surface area contributed by atoms with E-state index in [1.54, 1.807) is 0 Å². The maximum Gasteiger partial charge on any atom is 0.417 e. The number of hydrogen-bond acceptors (Lipinski definition) is 2. The lowest BCUT2D eigenvalue weighted by molar-refractivity contribution is -0.137. The van der Waals surface area contributed by atoms with Crippen molar-refractivity contribution in [3.63, 3.8) is 0 Å². The summed E-state index contributed by atoms with van der Waals surface area (Å²) >= 11 is 2.98. The summed E-state index contributed by atoms with van der Waals surface area (Å²) in [6, 6.07) is 3.89. The summed E-state index contributed by atoms with van der Waals surface area (Å²) in [6.45, 7) is 0. The van der Waals surface area contributed by atoms with E-state index in [2.05, 4.69) is 31.5 Å². The molecule has 0 fully saturated rings. The second-order valence-corrected chi connectivity index (χ2v) is 5.89. The van der Waals surface area contributed by atoms with Gasteiger partial charge in [0.25, 0.3) is 0 Å². The highest BCUT2D eigenvalue weighted by Gasteiger charge is 2.32. The molecule has 25 heavy (non-hydrogen) atoms. The fourth-order valence-electron chi connectivity index (χ4n) is 2.15. The first-order valence-electron chi connectivity index (χ1n) is 6.80. The second kappa shape index (κ2) is 6.36. The van der Waals surface area contributed by atoms with Crippen LogP contribution >= 0.6 is 15.9 Å². The highest BCUT2D eigenvalue weighted by atomic mass is 79.9. The Bertz CT molecular complexity index is 954. The van der Waals surface area contributed by atoms with Crippen LogP contribution in [0.2, 0.25) is 0 Å². The highest BCUT2D eigenvalue weighted by Crippen LogP contribution is 2.32. The van der Waals surface area contributed by atoms with Crippen LogP contribution in [0, 0.1) is 5.82 Å². The number of urea groups is 1. The molecule has 2 heterocycles. The average molecular weight is 417 g/mol. The highest BCUT2D eigenvalue weighted by molar-refractivity contribution is 9.10. The average Bonchev–Trinajstić information content (AvgIpc) is 2.99. The Hall–Kier alpha value is -2.62. The fraction of sp³-hybridized carbons (Fsp3) is 0.0667. The standard InChI is InChI=1S/C15H9BrF4N4O/c16-10-2-1-9(4-11(10)17)22-14(25)23-12-3-8(15(18,19)20)6-24-7-21-5-13(12)24/h1-7H,(H2,22,23,25). The van der Waals surface area contributed by atoms with E-state index in [0.29, 0.717) is 0 Å². The largest absolute Gasteiger partial charge is 0.417 e. The molecule has 0 aliphatic carbocycles. The van der Waals surface area contributed by atoms with Crippen LogP contribution in [0.5, 0.6) is 0 Å². The van der Waals surface area contributed by atoms with Crippen LogP contribution < -0.4 is 10.6 Å². The van der Waals surface area contributed by atoms with Crippen molar-refractivity contribution in [3.05, 3.63) is 58.8 Å². The van der Waals surface area contributed by atoms with E-state index >= 15 is 0 Å². The number of pyridine rings is 1. The van der Waals surface area contributed by atoms with E-state index in [0.717, 1.165) is 22.7 Å². The quantitative estimate of drug-likeness (QED) is 0.583. The number of amides is 2. The fourth-order valence-corrected chi connectivity index (χ4v) is 2.39. The predicted octanol–water partition coefficient (Wildman–Crippen LogP) is 4.90. The summed E-state index contributed by atoms with van der Waals surface area (Å²) in [5, 5.41) is 4.67. The van der Waals surface area contributed by atoms with Crippen molar-refractivity contribution in [1.29, 1.82) is 0 Å². The first-order valence-corrected chi connectivity index (χ1v) is 7.59. The summed E-state index contributed by atoms with van der Waals surface area (Å²) in [5.74, 6) is -0.588. The van der Waals surface area contributed by atoms with Gasteiger partial charge < -0.3 is 15.0 Å². The molecular formula is C15H9BrF4N4O. The van der Waals surface area contributed by atoms with Crippen molar-refractivity contribution in [1.82, 2.24) is 9.38 Å². The zero-order valence-corrected chi connectivity index (χ0v) is 13.8. The van der Waals surface area contributed by atoms with Crippen LogP contribution in [0.4, 0.5) is 33.7 Å². The maximum atomic E-state index is 13.5. The summed E-state index contributed by atoms with van der Waals surface area (Å²) in [4.78, 5) is 15.8. The molecular weight excluding hydrogens is 408 g/mol. The van der Waals surface area contributed by atoms with Crippen molar-refractivity contribution >= 4 is 38.9 Å². The minimum Gasteiger partial charge on any atom is -0.308 e. The Morgan fingerprint density at radius 3 is 2.64 bits per heavy atom. The molecule has 0 aliphatic rings. The number of imidazole rings is 1. The third-order valence-corrected chi connectivity index (χ3v) is 3.92. The SMILES string of the molecule is O=C(Nc1ccc(Br)c(F)c1)Nc1cc(C(F)(F)F)cn2cncc12. The molecule has 2 aromatic heterocycles. The van der Waals surface area contributed by atoms with Crippen molar-refractivity contribution in [2.75, 3.05) is 10.6 Å². The zero-order chi connectivity index (χ0) is 18.2. The monoisotopic (exact) mass is 416 g/mol. The van der Waals surface area contributed by atoms with E-state index in [9.17, 15) is 22.4 Å². The summed E-state index contributed by atoms with van der Waals surface area (Å²) < 4.78 is 53.7. The Morgan fingerprint density at radius 1 is 1.20 bits per heavy atom. The number of fused-ring (bicyclic) bond motifs is 1. The van der Waals surface area contributed by atoms with Crippen LogP contribution in [-0.2, 0) is 6.18 Å². The number of nitrogens with zero attached hydrogens (tertiary/aromatic N) is 2. The number of carbonyl (C=O) groups is 1. The second-order valence-electron chi connectivity index (χ2n) is 5.03. The molecule has 0 saturated carbocycles. The number of alkyl halides is 3. The van der Waals surface area contributed by atoms with E-state index in [4.69, 9.17) is 0 Å². The normalized spacial score (nSPS) is 11.6. The number of halogens is 5. The summed E-state index contributed by atoms with van der Waals surface area (Å²) in [7, 11) is 0. The summed E-state index contributed by atoms with van der Waals surface area (Å²) in [5.41, 5.74) is -0.592. The lowest BCUT2D eigenvalue weighted by Gasteiger charge is -2.13. The van der Waals surface area contributed by atoms with E-state index in [1.807, 2.05) is 0 Å². The number of nitrogens with one attached hydrogen (secondary N) is 2. The Labute approximate surface area is 146 Å². The number of rotatable bonds is 2. The van der Waals surface area contributed by atoms with Gasteiger partial charge in [0.1, 0.15) is 5.82 Å². The van der Waals surface area contributed by atoms with Gasteiger partial charge in [-0.05, 0) is 40.2 Å². The van der Waals surface area contributed by atoms with Gasteiger partial charge >= 0.3 is 12.2 Å². The molecule has 10 heteroatoms. The van der Waals surface area contributed by atoms with Gasteiger partial charge in [-0.15, -0.1) is 0 Å². The van der Waals surface area contributed by atoms with Crippen LogP contribution in [-0.4, -0.2) is 15.4 Å². The molecule has 3 aromatic rings. The van der Waals surface area contributed by atoms with Gasteiger partial charge in [0.15, 0.2) is 0 Å². The predicted molar refractivity (Wildman–Crippen MR) is 86.9 cm³/mol. The zero-order valence-electron chi connectivity index (χ0n) is 12.2. The number of hydrogen-bond donors (Lipinski definition) is 2. The van der Waals surface area contributed by atoms with E-state index < -0.39 is 23.6 Å². The molecule has 2 N–H and O–H groups in total. The molecule has 130 valence electrons. The summed E-state index contributed by atoms with van der Waals surface area (Å²) in [6.07, 6.45) is -1.21. The Balaban J connectivity index is 1.87. The maximum absolute atomic E-state index is 13.5.